The molecule has 1 spiro atoms. The summed E-state index contributed by atoms with van der Waals surface area (Å²) >= 11 is 0. The Morgan fingerprint density at radius 3 is 2.81 bits per heavy atom. The molecule has 2 aliphatic heterocycles. The maximum atomic E-state index is 12.6. The van der Waals surface area contributed by atoms with E-state index in [1.807, 2.05) is 37.2 Å². The molecule has 1 unspecified atom stereocenters. The highest BCUT2D eigenvalue weighted by atomic mass is 16.6. The summed E-state index contributed by atoms with van der Waals surface area (Å²) in [5.74, 6) is 0.876. The highest BCUT2D eigenvalue weighted by Gasteiger charge is 2.50. The summed E-state index contributed by atoms with van der Waals surface area (Å²) in [5, 5.41) is 0. The number of aromatic nitrogens is 2. The third-order valence-electron chi connectivity index (χ3n) is 5.37. The number of nitrogens with one attached hydrogen (secondary N) is 1. The summed E-state index contributed by atoms with van der Waals surface area (Å²) in [5.41, 5.74) is 2.27. The van der Waals surface area contributed by atoms with E-state index in [9.17, 15) is 4.79 Å². The molecule has 0 amide bonds. The van der Waals surface area contributed by atoms with Crippen molar-refractivity contribution < 1.29 is 9.47 Å². The van der Waals surface area contributed by atoms with Crippen molar-refractivity contribution in [2.75, 3.05) is 50.3 Å². The molecule has 7 heteroatoms. The lowest BCUT2D eigenvalue weighted by Crippen LogP contribution is -2.68. The smallest absolute Gasteiger partial charge is 0.271 e. The number of ether oxygens (including phenoxy) is 2. The number of anilines is 2. The topological polar surface area (TPSA) is 70.7 Å². The molecule has 1 N–H and O–H groups in total. The van der Waals surface area contributed by atoms with Gasteiger partial charge in [0, 0.05) is 38.6 Å². The number of aromatic amines is 1. The van der Waals surface area contributed by atoms with E-state index in [1.54, 1.807) is 12.4 Å². The summed E-state index contributed by atoms with van der Waals surface area (Å²) in [7, 11) is 3.92. The van der Waals surface area contributed by atoms with Crippen LogP contribution in [-0.4, -0.2) is 62.1 Å². The van der Waals surface area contributed by atoms with Gasteiger partial charge in [0.05, 0.1) is 25.9 Å². The highest BCUT2D eigenvalue weighted by Crippen LogP contribution is 2.34. The minimum Gasteiger partial charge on any atom is -0.375 e. The van der Waals surface area contributed by atoms with Crippen LogP contribution in [-0.2, 0) is 9.47 Å². The van der Waals surface area contributed by atoms with E-state index in [0.717, 1.165) is 16.9 Å². The van der Waals surface area contributed by atoms with Crippen LogP contribution in [0.3, 0.4) is 0 Å². The van der Waals surface area contributed by atoms with Gasteiger partial charge in [0.2, 0.25) is 0 Å². The van der Waals surface area contributed by atoms with Crippen molar-refractivity contribution >= 4 is 11.5 Å². The highest BCUT2D eigenvalue weighted by molar-refractivity contribution is 5.69. The molecule has 2 aromatic heterocycles. The number of pyridine rings is 2. The molecule has 4 heterocycles. The van der Waals surface area contributed by atoms with Gasteiger partial charge in [-0.05, 0) is 30.7 Å². The average molecular weight is 356 g/mol. The van der Waals surface area contributed by atoms with Gasteiger partial charge >= 0.3 is 0 Å². The molecular weight excluding hydrogens is 332 g/mol. The second-order valence-electron chi connectivity index (χ2n) is 7.18. The summed E-state index contributed by atoms with van der Waals surface area (Å²) in [4.78, 5) is 23.9. The van der Waals surface area contributed by atoms with E-state index < -0.39 is 0 Å². The first kappa shape index (κ1) is 17.1. The Hall–Kier alpha value is -2.38. The third kappa shape index (κ3) is 2.77. The van der Waals surface area contributed by atoms with Crippen LogP contribution in [0.15, 0.2) is 35.4 Å². The van der Waals surface area contributed by atoms with Gasteiger partial charge in [-0.3, -0.25) is 4.79 Å². The van der Waals surface area contributed by atoms with E-state index in [-0.39, 0.29) is 17.2 Å². The van der Waals surface area contributed by atoms with Crippen molar-refractivity contribution in [1.29, 1.82) is 0 Å². The standard InChI is InChI=1S/C19H24N4O3/c1-13-19(11-25-12-19)26-7-6-23(13)16-8-15(10-21-18(16)24)14-4-5-20-17(9-14)22(2)3/h4-5,8-10,13H,6-7,11-12H2,1-3H3,(H,21,24). The van der Waals surface area contributed by atoms with Crippen molar-refractivity contribution in [3.05, 3.63) is 40.9 Å². The molecule has 0 radical (unpaired) electrons. The molecule has 26 heavy (non-hydrogen) atoms. The summed E-state index contributed by atoms with van der Waals surface area (Å²) < 4.78 is 11.3. The Bertz CT molecular complexity index is 860. The Kier molecular flexibility index (Phi) is 4.20. The van der Waals surface area contributed by atoms with Crippen LogP contribution in [0.4, 0.5) is 11.5 Å². The lowest BCUT2D eigenvalue weighted by Gasteiger charge is -2.53. The van der Waals surface area contributed by atoms with Crippen LogP contribution in [0.1, 0.15) is 6.92 Å². The lowest BCUT2D eigenvalue weighted by molar-refractivity contribution is -0.228. The molecule has 2 aromatic rings. The van der Waals surface area contributed by atoms with E-state index in [2.05, 4.69) is 21.8 Å². The van der Waals surface area contributed by atoms with E-state index in [4.69, 9.17) is 9.47 Å². The molecule has 7 nitrogen and oxygen atoms in total. The number of hydrogen-bond donors (Lipinski definition) is 1. The average Bonchev–Trinajstić information content (AvgIpc) is 2.61. The normalized spacial score (nSPS) is 21.5. The van der Waals surface area contributed by atoms with Crippen LogP contribution in [0.2, 0.25) is 0 Å². The zero-order valence-electron chi connectivity index (χ0n) is 15.4. The van der Waals surface area contributed by atoms with Gasteiger partial charge in [-0.2, -0.15) is 0 Å². The Morgan fingerprint density at radius 2 is 2.12 bits per heavy atom. The lowest BCUT2D eigenvalue weighted by atomic mass is 9.90. The van der Waals surface area contributed by atoms with Crippen molar-refractivity contribution in [3.63, 3.8) is 0 Å². The van der Waals surface area contributed by atoms with Crippen molar-refractivity contribution in [3.8, 4) is 11.1 Å². The molecular formula is C19H24N4O3. The van der Waals surface area contributed by atoms with Crippen molar-refractivity contribution in [2.24, 2.45) is 0 Å². The fourth-order valence-corrected chi connectivity index (χ4v) is 3.60. The Labute approximate surface area is 152 Å². The third-order valence-corrected chi connectivity index (χ3v) is 5.37. The molecule has 4 rings (SSSR count). The number of hydrogen-bond acceptors (Lipinski definition) is 6. The predicted octanol–water partition coefficient (Wildman–Crippen LogP) is 1.50. The largest absolute Gasteiger partial charge is 0.375 e. The van der Waals surface area contributed by atoms with Crippen molar-refractivity contribution in [2.45, 2.75) is 18.6 Å². The van der Waals surface area contributed by atoms with Gasteiger partial charge in [-0.25, -0.2) is 4.98 Å². The van der Waals surface area contributed by atoms with Crippen LogP contribution >= 0.6 is 0 Å². The Morgan fingerprint density at radius 1 is 1.31 bits per heavy atom. The zero-order valence-corrected chi connectivity index (χ0v) is 15.4. The molecule has 2 fully saturated rings. The van der Waals surface area contributed by atoms with Crippen LogP contribution in [0.5, 0.6) is 0 Å². The van der Waals surface area contributed by atoms with Crippen LogP contribution in [0.25, 0.3) is 11.1 Å². The quantitative estimate of drug-likeness (QED) is 0.899. The fourth-order valence-electron chi connectivity index (χ4n) is 3.60. The maximum Gasteiger partial charge on any atom is 0.271 e. The molecule has 2 saturated heterocycles. The second kappa shape index (κ2) is 6.41. The number of morpholine rings is 1. The number of H-pyrrole nitrogens is 1. The van der Waals surface area contributed by atoms with Crippen molar-refractivity contribution in [1.82, 2.24) is 9.97 Å². The van der Waals surface area contributed by atoms with Gasteiger partial charge in [0.25, 0.3) is 5.56 Å². The fraction of sp³-hybridized carbons (Fsp3) is 0.474. The summed E-state index contributed by atoms with van der Waals surface area (Å²) in [6, 6.07) is 6.01. The first-order valence-electron chi connectivity index (χ1n) is 8.85. The number of rotatable bonds is 3. The van der Waals surface area contributed by atoms with Gasteiger partial charge < -0.3 is 24.3 Å². The van der Waals surface area contributed by atoms with Gasteiger partial charge in [-0.15, -0.1) is 0 Å². The molecule has 0 aliphatic carbocycles. The molecule has 0 saturated carbocycles. The first-order chi connectivity index (χ1) is 12.5. The number of nitrogens with zero attached hydrogens (tertiary/aromatic N) is 3. The zero-order chi connectivity index (χ0) is 18.3. The minimum absolute atomic E-state index is 0.0797. The molecule has 138 valence electrons. The minimum atomic E-state index is -0.296. The molecule has 0 bridgehead atoms. The second-order valence-corrected chi connectivity index (χ2v) is 7.18. The van der Waals surface area contributed by atoms with Crippen LogP contribution in [0, 0.1) is 0 Å². The predicted molar refractivity (Wildman–Crippen MR) is 101 cm³/mol. The van der Waals surface area contributed by atoms with Crippen LogP contribution < -0.4 is 15.4 Å². The van der Waals surface area contributed by atoms with E-state index >= 15 is 0 Å². The monoisotopic (exact) mass is 356 g/mol. The first-order valence-corrected chi connectivity index (χ1v) is 8.85. The molecule has 0 aromatic carbocycles. The maximum absolute atomic E-state index is 12.6. The molecule has 2 aliphatic rings. The van der Waals surface area contributed by atoms with Gasteiger partial charge in [-0.1, -0.05) is 0 Å². The molecule has 1 atom stereocenters. The summed E-state index contributed by atoms with van der Waals surface area (Å²) in [6.45, 7) is 4.55. The Balaban J connectivity index is 1.71. The van der Waals surface area contributed by atoms with Gasteiger partial charge in [0.1, 0.15) is 17.1 Å². The van der Waals surface area contributed by atoms with E-state index in [1.165, 1.54) is 0 Å². The van der Waals surface area contributed by atoms with Gasteiger partial charge in [0.15, 0.2) is 0 Å². The van der Waals surface area contributed by atoms with E-state index in [0.29, 0.717) is 32.1 Å². The SMILES string of the molecule is CC1N(c2cc(-c3ccnc(N(C)C)c3)c[nH]c2=O)CCOC12COC2. The summed E-state index contributed by atoms with van der Waals surface area (Å²) in [6.07, 6.45) is 3.54.